The number of amides is 1. The highest BCUT2D eigenvalue weighted by Gasteiger charge is 2.40. The van der Waals surface area contributed by atoms with E-state index in [1.165, 1.54) is 32.6 Å². The summed E-state index contributed by atoms with van der Waals surface area (Å²) in [6.45, 7) is 11.0. The van der Waals surface area contributed by atoms with Gasteiger partial charge in [-0.05, 0) is 47.6 Å². The van der Waals surface area contributed by atoms with Crippen molar-refractivity contribution in [2.24, 2.45) is 5.92 Å². The molecule has 1 amide bonds. The summed E-state index contributed by atoms with van der Waals surface area (Å²) in [6.07, 6.45) is 5.28. The van der Waals surface area contributed by atoms with Crippen LogP contribution < -0.4 is 5.32 Å². The van der Waals surface area contributed by atoms with Crippen LogP contribution in [-0.2, 0) is 37.0 Å². The molecule has 3 aromatic rings. The third-order valence-corrected chi connectivity index (χ3v) is 9.42. The Morgan fingerprint density at radius 3 is 2.36 bits per heavy atom. The van der Waals surface area contributed by atoms with Gasteiger partial charge >= 0.3 is 5.97 Å². The summed E-state index contributed by atoms with van der Waals surface area (Å²) in [5.41, 5.74) is 5.81. The van der Waals surface area contributed by atoms with Crippen LogP contribution in [0.4, 0.5) is 0 Å². The Hall–Kier alpha value is -3.82. The largest absolute Gasteiger partial charge is 0.453 e. The Morgan fingerprint density at radius 2 is 1.70 bits per heavy atom. The summed E-state index contributed by atoms with van der Waals surface area (Å²) >= 11 is 0. The predicted molar refractivity (Wildman–Crippen MR) is 182 cm³/mol. The number of nitrogens with zero attached hydrogens (tertiary/aromatic N) is 1. The molecule has 0 radical (unpaired) electrons. The fourth-order valence-electron chi connectivity index (χ4n) is 6.77. The number of benzene rings is 3. The highest BCUT2D eigenvalue weighted by Crippen LogP contribution is 2.42. The molecule has 0 aromatic heterocycles. The normalized spacial score (nSPS) is 22.1. The molecular weight excluding hydrogens is 592 g/mol. The summed E-state index contributed by atoms with van der Waals surface area (Å²) in [6, 6.07) is 24.7. The molecule has 47 heavy (non-hydrogen) atoms. The molecule has 2 fully saturated rings. The standard InChI is InChI=1S/C39H48N2O6/c1-5-22-41(34-11-7-8-12-34)24-36-26(2)37(31-16-14-29(25-42)15-17-31)47-39(46-36)32-20-18-30(19-21-32)35-13-9-6-10-33(35)23-40-38(44)27(3)45-28(4)43/h5-6,9-10,13-21,26-27,34,36-37,39,42H,1,7-8,11-12,22-25H2,2-4H3,(H,40,44)/t26-,27+,36+,37+,39+/m1/s1. The van der Waals surface area contributed by atoms with Gasteiger partial charge in [0.15, 0.2) is 12.4 Å². The predicted octanol–water partition coefficient (Wildman–Crippen LogP) is 6.64. The summed E-state index contributed by atoms with van der Waals surface area (Å²) in [5, 5.41) is 12.5. The third kappa shape index (κ3) is 8.76. The summed E-state index contributed by atoms with van der Waals surface area (Å²) in [7, 11) is 0. The molecule has 1 saturated heterocycles. The van der Waals surface area contributed by atoms with Gasteiger partial charge in [0.1, 0.15) is 0 Å². The van der Waals surface area contributed by atoms with Crippen LogP contribution in [0.1, 0.15) is 81.1 Å². The van der Waals surface area contributed by atoms with E-state index in [4.69, 9.17) is 14.2 Å². The number of aliphatic hydroxyl groups excluding tert-OH is 1. The van der Waals surface area contributed by atoms with Crippen molar-refractivity contribution in [3.05, 3.63) is 108 Å². The maximum atomic E-state index is 12.5. The van der Waals surface area contributed by atoms with E-state index in [0.717, 1.165) is 46.5 Å². The molecule has 1 aliphatic carbocycles. The fourth-order valence-corrected chi connectivity index (χ4v) is 6.77. The molecule has 1 heterocycles. The monoisotopic (exact) mass is 640 g/mol. The van der Waals surface area contributed by atoms with Crippen LogP contribution >= 0.6 is 0 Å². The molecule has 0 bridgehead atoms. The lowest BCUT2D eigenvalue weighted by Gasteiger charge is -2.43. The number of hydrogen-bond acceptors (Lipinski definition) is 7. The number of nitrogens with one attached hydrogen (secondary N) is 1. The second-order valence-corrected chi connectivity index (χ2v) is 12.8. The Labute approximate surface area is 278 Å². The van der Waals surface area contributed by atoms with Gasteiger partial charge in [-0.3, -0.25) is 14.5 Å². The van der Waals surface area contributed by atoms with Gasteiger partial charge in [0, 0.05) is 44.1 Å². The van der Waals surface area contributed by atoms with Crippen LogP contribution in [0.2, 0.25) is 0 Å². The first kappa shape index (κ1) is 34.5. The van der Waals surface area contributed by atoms with Gasteiger partial charge in [-0.25, -0.2) is 0 Å². The second-order valence-electron chi connectivity index (χ2n) is 12.8. The zero-order chi connectivity index (χ0) is 33.3. The van der Waals surface area contributed by atoms with Crippen molar-refractivity contribution in [3.63, 3.8) is 0 Å². The van der Waals surface area contributed by atoms with E-state index in [1.807, 2.05) is 42.5 Å². The zero-order valence-electron chi connectivity index (χ0n) is 27.8. The van der Waals surface area contributed by atoms with Gasteiger partial charge in [-0.2, -0.15) is 0 Å². The first-order valence-corrected chi connectivity index (χ1v) is 16.8. The van der Waals surface area contributed by atoms with E-state index in [1.54, 1.807) is 6.92 Å². The first-order chi connectivity index (χ1) is 22.8. The van der Waals surface area contributed by atoms with Crippen LogP contribution in [0.25, 0.3) is 11.1 Å². The average molecular weight is 641 g/mol. The molecule has 1 aliphatic heterocycles. The van der Waals surface area contributed by atoms with Crippen LogP contribution in [0, 0.1) is 5.92 Å². The lowest BCUT2D eigenvalue weighted by molar-refractivity contribution is -0.276. The minimum absolute atomic E-state index is 0.00285. The lowest BCUT2D eigenvalue weighted by atomic mass is 9.89. The lowest BCUT2D eigenvalue weighted by Crippen LogP contribution is -2.47. The molecule has 1 saturated carbocycles. The average Bonchev–Trinajstić information content (AvgIpc) is 3.63. The number of rotatable bonds is 13. The SMILES string of the molecule is C=CCN(C[C@@H]1O[C@H](c2ccc(-c3ccccc3CNC(=O)[C@H](C)OC(C)=O)cc2)O[C@H](c2ccc(CO)cc2)[C@@H]1C)C1CCCC1. The molecule has 0 unspecified atom stereocenters. The summed E-state index contributed by atoms with van der Waals surface area (Å²) < 4.78 is 18.5. The molecule has 2 N–H and O–H groups in total. The minimum Gasteiger partial charge on any atom is -0.453 e. The number of aliphatic hydroxyl groups is 1. The van der Waals surface area contributed by atoms with Gasteiger partial charge in [-0.1, -0.05) is 98.6 Å². The Bertz CT molecular complexity index is 1480. The zero-order valence-corrected chi connectivity index (χ0v) is 27.8. The maximum absolute atomic E-state index is 12.5. The molecule has 2 aliphatic rings. The Kier molecular flexibility index (Phi) is 12.0. The molecule has 0 spiro atoms. The van der Waals surface area contributed by atoms with E-state index in [-0.39, 0.29) is 30.6 Å². The van der Waals surface area contributed by atoms with Gasteiger partial charge in [0.25, 0.3) is 5.91 Å². The van der Waals surface area contributed by atoms with Gasteiger partial charge in [0.2, 0.25) is 0 Å². The number of carbonyl (C=O) groups is 2. The summed E-state index contributed by atoms with van der Waals surface area (Å²) in [4.78, 5) is 26.3. The van der Waals surface area contributed by atoms with Gasteiger partial charge in [-0.15, -0.1) is 6.58 Å². The molecule has 8 nitrogen and oxygen atoms in total. The van der Waals surface area contributed by atoms with Crippen molar-refractivity contribution >= 4 is 11.9 Å². The Morgan fingerprint density at radius 1 is 1.02 bits per heavy atom. The molecule has 5 atom stereocenters. The smallest absolute Gasteiger partial charge is 0.303 e. The molecular formula is C39H48N2O6. The van der Waals surface area contributed by atoms with Crippen LogP contribution in [0.15, 0.2) is 85.5 Å². The van der Waals surface area contributed by atoms with Crippen molar-refractivity contribution in [2.75, 3.05) is 13.1 Å². The van der Waals surface area contributed by atoms with Crippen LogP contribution in [0.3, 0.4) is 0 Å². The third-order valence-electron chi connectivity index (χ3n) is 9.42. The van der Waals surface area contributed by atoms with Crippen LogP contribution in [0.5, 0.6) is 0 Å². The van der Waals surface area contributed by atoms with E-state index in [9.17, 15) is 14.7 Å². The summed E-state index contributed by atoms with van der Waals surface area (Å²) in [5.74, 6) is -0.737. The first-order valence-electron chi connectivity index (χ1n) is 16.8. The maximum Gasteiger partial charge on any atom is 0.303 e. The minimum atomic E-state index is -0.862. The topological polar surface area (TPSA) is 97.3 Å². The fraction of sp³-hybridized carbons (Fsp3) is 0.436. The van der Waals surface area contributed by atoms with Crippen molar-refractivity contribution in [2.45, 2.75) is 90.2 Å². The van der Waals surface area contributed by atoms with Crippen molar-refractivity contribution in [1.29, 1.82) is 0 Å². The number of carbonyl (C=O) groups excluding carboxylic acids is 2. The van der Waals surface area contributed by atoms with E-state index < -0.39 is 18.4 Å². The van der Waals surface area contributed by atoms with E-state index in [2.05, 4.69) is 60.1 Å². The van der Waals surface area contributed by atoms with Crippen LogP contribution in [-0.4, -0.2) is 53.2 Å². The van der Waals surface area contributed by atoms with Crippen molar-refractivity contribution in [3.8, 4) is 11.1 Å². The van der Waals surface area contributed by atoms with Crippen molar-refractivity contribution in [1.82, 2.24) is 10.2 Å². The number of hydrogen-bond donors (Lipinski definition) is 2. The highest BCUT2D eigenvalue weighted by molar-refractivity contribution is 5.83. The Balaban J connectivity index is 1.36. The van der Waals surface area contributed by atoms with Gasteiger partial charge in [0.05, 0.1) is 18.8 Å². The molecule has 8 heteroatoms. The van der Waals surface area contributed by atoms with E-state index >= 15 is 0 Å². The number of ether oxygens (including phenoxy) is 3. The van der Waals surface area contributed by atoms with E-state index in [0.29, 0.717) is 12.6 Å². The van der Waals surface area contributed by atoms with Crippen molar-refractivity contribution < 1.29 is 28.9 Å². The highest BCUT2D eigenvalue weighted by atomic mass is 16.7. The molecule has 5 rings (SSSR count). The van der Waals surface area contributed by atoms with Gasteiger partial charge < -0.3 is 24.6 Å². The number of esters is 1. The second kappa shape index (κ2) is 16.3. The quantitative estimate of drug-likeness (QED) is 0.160. The molecule has 3 aromatic carbocycles. The molecule has 250 valence electrons.